The highest BCUT2D eigenvalue weighted by Gasteiger charge is 2.09. The molecule has 9 heteroatoms. The largest absolute Gasteiger partial charge is 0.325 e. The Balaban J connectivity index is 1.76. The van der Waals surface area contributed by atoms with E-state index >= 15 is 0 Å². The Kier molecular flexibility index (Phi) is 4.72. The average molecular weight is 372 g/mol. The molecular formula is C17H16N4O4S. The van der Waals surface area contributed by atoms with E-state index in [0.717, 1.165) is 6.26 Å². The fourth-order valence-corrected chi connectivity index (χ4v) is 3.02. The molecule has 1 amide bonds. The van der Waals surface area contributed by atoms with Crippen molar-refractivity contribution in [1.29, 1.82) is 0 Å². The van der Waals surface area contributed by atoms with Gasteiger partial charge in [-0.3, -0.25) is 18.9 Å². The molecule has 0 fully saturated rings. The number of benzene rings is 2. The van der Waals surface area contributed by atoms with Crippen LogP contribution in [0, 0.1) is 0 Å². The van der Waals surface area contributed by atoms with Crippen LogP contribution < -0.4 is 15.6 Å². The number of carbonyl (C=O) groups excluding carboxylic acids is 1. The highest BCUT2D eigenvalue weighted by atomic mass is 32.2. The van der Waals surface area contributed by atoms with Crippen molar-refractivity contribution in [1.82, 2.24) is 9.55 Å². The molecule has 0 saturated heterocycles. The van der Waals surface area contributed by atoms with Crippen LogP contribution in [-0.4, -0.2) is 30.1 Å². The summed E-state index contributed by atoms with van der Waals surface area (Å²) in [6, 6.07) is 13.3. The Morgan fingerprint density at radius 1 is 1.08 bits per heavy atom. The minimum atomic E-state index is -3.36. The van der Waals surface area contributed by atoms with E-state index in [1.807, 2.05) is 0 Å². The van der Waals surface area contributed by atoms with Crippen LogP contribution in [0.4, 0.5) is 11.4 Å². The first-order chi connectivity index (χ1) is 12.3. The molecule has 0 aliphatic carbocycles. The lowest BCUT2D eigenvalue weighted by atomic mass is 10.3. The van der Waals surface area contributed by atoms with E-state index in [1.165, 1.54) is 22.9 Å². The van der Waals surface area contributed by atoms with Crippen molar-refractivity contribution in [3.05, 3.63) is 65.1 Å². The van der Waals surface area contributed by atoms with Crippen LogP contribution in [0.2, 0.25) is 0 Å². The molecule has 8 nitrogen and oxygen atoms in total. The van der Waals surface area contributed by atoms with Gasteiger partial charge in [0.05, 0.1) is 23.5 Å². The monoisotopic (exact) mass is 372 g/mol. The van der Waals surface area contributed by atoms with Crippen molar-refractivity contribution in [3.63, 3.8) is 0 Å². The minimum absolute atomic E-state index is 0.162. The van der Waals surface area contributed by atoms with E-state index in [2.05, 4.69) is 15.0 Å². The maximum absolute atomic E-state index is 12.3. The number of anilines is 2. The van der Waals surface area contributed by atoms with Crippen molar-refractivity contribution >= 4 is 38.3 Å². The minimum Gasteiger partial charge on any atom is -0.325 e. The number of nitrogens with zero attached hydrogens (tertiary/aromatic N) is 2. The summed E-state index contributed by atoms with van der Waals surface area (Å²) in [5.41, 5.74) is 1.70. The predicted molar refractivity (Wildman–Crippen MR) is 99.5 cm³/mol. The van der Waals surface area contributed by atoms with Crippen molar-refractivity contribution in [2.45, 2.75) is 6.54 Å². The maximum Gasteiger partial charge on any atom is 0.269 e. The standard InChI is InChI=1S/C17H16N4O4S/c1-26(24,25)20-13-8-6-12(7-9-13)19-16(22)11-21-15-5-3-2-4-14(15)18-10-17(21)23/h2-10,20H,11H2,1H3,(H,19,22). The van der Waals surface area contributed by atoms with Crippen molar-refractivity contribution < 1.29 is 13.2 Å². The smallest absolute Gasteiger partial charge is 0.269 e. The third-order valence-corrected chi connectivity index (χ3v) is 4.13. The number of sulfonamides is 1. The van der Waals surface area contributed by atoms with Gasteiger partial charge in [0.15, 0.2) is 0 Å². The molecule has 0 radical (unpaired) electrons. The van der Waals surface area contributed by atoms with Gasteiger partial charge in [-0.1, -0.05) is 12.1 Å². The molecule has 0 unspecified atom stereocenters. The summed E-state index contributed by atoms with van der Waals surface area (Å²) in [6.45, 7) is -0.162. The Hall–Kier alpha value is -3.20. The van der Waals surface area contributed by atoms with Gasteiger partial charge in [0.25, 0.3) is 5.56 Å². The number of hydrogen-bond donors (Lipinski definition) is 2. The molecule has 2 N–H and O–H groups in total. The zero-order chi connectivity index (χ0) is 18.7. The first kappa shape index (κ1) is 17.6. The fraction of sp³-hybridized carbons (Fsp3) is 0.118. The molecule has 0 aliphatic heterocycles. The first-order valence-corrected chi connectivity index (χ1v) is 9.53. The van der Waals surface area contributed by atoms with Crippen LogP contribution in [0.3, 0.4) is 0 Å². The van der Waals surface area contributed by atoms with E-state index in [9.17, 15) is 18.0 Å². The van der Waals surface area contributed by atoms with Crippen LogP contribution in [0.5, 0.6) is 0 Å². The lowest BCUT2D eigenvalue weighted by Crippen LogP contribution is -2.27. The van der Waals surface area contributed by atoms with Gasteiger partial charge in [-0.05, 0) is 36.4 Å². The van der Waals surface area contributed by atoms with E-state index < -0.39 is 10.0 Å². The van der Waals surface area contributed by atoms with Gasteiger partial charge in [-0.2, -0.15) is 0 Å². The zero-order valence-corrected chi connectivity index (χ0v) is 14.7. The maximum atomic E-state index is 12.3. The Morgan fingerprint density at radius 3 is 2.42 bits per heavy atom. The van der Waals surface area contributed by atoms with Crippen molar-refractivity contribution in [2.24, 2.45) is 0 Å². The number of fused-ring (bicyclic) bond motifs is 1. The third-order valence-electron chi connectivity index (χ3n) is 3.53. The Labute approximate surface area is 149 Å². The normalized spacial score (nSPS) is 11.3. The van der Waals surface area contributed by atoms with Gasteiger partial charge in [-0.25, -0.2) is 13.4 Å². The second-order valence-electron chi connectivity index (χ2n) is 5.67. The highest BCUT2D eigenvalue weighted by Crippen LogP contribution is 2.15. The van der Waals surface area contributed by atoms with Gasteiger partial charge < -0.3 is 5.32 Å². The molecule has 26 heavy (non-hydrogen) atoms. The highest BCUT2D eigenvalue weighted by molar-refractivity contribution is 7.92. The fourth-order valence-electron chi connectivity index (χ4n) is 2.46. The van der Waals surface area contributed by atoms with Crippen LogP contribution in [0.1, 0.15) is 0 Å². The summed E-state index contributed by atoms with van der Waals surface area (Å²) in [4.78, 5) is 28.4. The number of nitrogens with one attached hydrogen (secondary N) is 2. The summed E-state index contributed by atoms with van der Waals surface area (Å²) in [7, 11) is -3.36. The number of hydrogen-bond acceptors (Lipinski definition) is 5. The number of carbonyl (C=O) groups is 1. The van der Waals surface area contributed by atoms with E-state index in [-0.39, 0.29) is 18.0 Å². The van der Waals surface area contributed by atoms with Crippen molar-refractivity contribution in [3.8, 4) is 0 Å². The molecule has 3 rings (SSSR count). The van der Waals surface area contributed by atoms with Gasteiger partial charge in [-0.15, -0.1) is 0 Å². The summed E-state index contributed by atoms with van der Waals surface area (Å²) in [6.07, 6.45) is 2.24. The second-order valence-corrected chi connectivity index (χ2v) is 7.42. The third kappa shape index (κ3) is 4.25. The van der Waals surface area contributed by atoms with Gasteiger partial charge >= 0.3 is 0 Å². The molecule has 2 aromatic carbocycles. The number of aromatic nitrogens is 2. The number of rotatable bonds is 5. The quantitative estimate of drug-likeness (QED) is 0.704. The SMILES string of the molecule is CS(=O)(=O)Nc1ccc(NC(=O)Cn2c(=O)cnc3ccccc32)cc1. The lowest BCUT2D eigenvalue weighted by molar-refractivity contribution is -0.116. The molecule has 0 saturated carbocycles. The van der Waals surface area contributed by atoms with Crippen LogP contribution in [-0.2, 0) is 21.4 Å². The molecule has 1 aromatic heterocycles. The number of amides is 1. The molecule has 134 valence electrons. The van der Waals surface area contributed by atoms with Gasteiger partial charge in [0, 0.05) is 11.4 Å². The van der Waals surface area contributed by atoms with Crippen LogP contribution in [0.25, 0.3) is 11.0 Å². The molecule has 3 aromatic rings. The Bertz CT molecular complexity index is 1120. The van der Waals surface area contributed by atoms with Gasteiger partial charge in [0.2, 0.25) is 15.9 Å². The molecular weight excluding hydrogens is 356 g/mol. The van der Waals surface area contributed by atoms with E-state index in [1.54, 1.807) is 36.4 Å². The summed E-state index contributed by atoms with van der Waals surface area (Å²) in [5, 5.41) is 2.68. The van der Waals surface area contributed by atoms with Gasteiger partial charge in [0.1, 0.15) is 6.54 Å². The molecule has 0 atom stereocenters. The zero-order valence-electron chi connectivity index (χ0n) is 13.8. The topological polar surface area (TPSA) is 110 Å². The van der Waals surface area contributed by atoms with E-state index in [4.69, 9.17) is 0 Å². The first-order valence-electron chi connectivity index (χ1n) is 7.64. The summed E-state index contributed by atoms with van der Waals surface area (Å²) < 4.78 is 26.1. The van der Waals surface area contributed by atoms with E-state index in [0.29, 0.717) is 22.4 Å². The van der Waals surface area contributed by atoms with Crippen molar-refractivity contribution in [2.75, 3.05) is 16.3 Å². The Morgan fingerprint density at radius 2 is 1.73 bits per heavy atom. The molecule has 0 aliphatic rings. The van der Waals surface area contributed by atoms with Crippen LogP contribution >= 0.6 is 0 Å². The molecule has 0 bridgehead atoms. The summed E-state index contributed by atoms with van der Waals surface area (Å²) in [5.74, 6) is -0.382. The second kappa shape index (κ2) is 6.96. The molecule has 0 spiro atoms. The predicted octanol–water partition coefficient (Wildman–Crippen LogP) is 1.41. The summed E-state index contributed by atoms with van der Waals surface area (Å²) >= 11 is 0. The molecule has 1 heterocycles. The lowest BCUT2D eigenvalue weighted by Gasteiger charge is -2.10. The van der Waals surface area contributed by atoms with Crippen LogP contribution in [0.15, 0.2) is 59.5 Å². The number of para-hydroxylation sites is 2. The average Bonchev–Trinajstić information content (AvgIpc) is 2.58.